The molecule has 3 N–H and O–H groups in total. The lowest BCUT2D eigenvalue weighted by Crippen LogP contribution is -2.27. The summed E-state index contributed by atoms with van der Waals surface area (Å²) in [5.74, 6) is -0.188. The van der Waals surface area contributed by atoms with E-state index in [9.17, 15) is 4.79 Å². The molecule has 2 aromatic rings. The van der Waals surface area contributed by atoms with Gasteiger partial charge in [-0.25, -0.2) is 4.98 Å². The van der Waals surface area contributed by atoms with E-state index in [-0.39, 0.29) is 11.9 Å². The van der Waals surface area contributed by atoms with Crippen LogP contribution in [-0.2, 0) is 13.6 Å². The Kier molecular flexibility index (Phi) is 3.96. The summed E-state index contributed by atoms with van der Waals surface area (Å²) in [5, 5.41) is 9.57. The van der Waals surface area contributed by atoms with Gasteiger partial charge in [0.15, 0.2) is 0 Å². The van der Waals surface area contributed by atoms with Crippen molar-refractivity contribution in [2.45, 2.75) is 26.4 Å². The van der Waals surface area contributed by atoms with Crippen LogP contribution in [0, 0.1) is 6.92 Å². The number of carbonyl (C=O) groups excluding carboxylic acids is 1. The Labute approximate surface area is 115 Å². The van der Waals surface area contributed by atoms with Crippen LogP contribution in [0.25, 0.3) is 0 Å². The second-order valence-electron chi connectivity index (χ2n) is 4.33. The third-order valence-electron chi connectivity index (χ3n) is 3.05. The Morgan fingerprint density at radius 1 is 1.63 bits per heavy atom. The zero-order valence-electron chi connectivity index (χ0n) is 11.2. The van der Waals surface area contributed by atoms with Gasteiger partial charge < -0.3 is 11.1 Å². The highest BCUT2D eigenvalue weighted by molar-refractivity contribution is 7.09. The molecule has 0 radical (unpaired) electrons. The summed E-state index contributed by atoms with van der Waals surface area (Å²) in [4.78, 5) is 16.2. The summed E-state index contributed by atoms with van der Waals surface area (Å²) in [6.07, 6.45) is 1.77. The van der Waals surface area contributed by atoms with Gasteiger partial charge in [-0.05, 0) is 13.8 Å². The maximum atomic E-state index is 12.0. The highest BCUT2D eigenvalue weighted by atomic mass is 32.1. The quantitative estimate of drug-likeness (QED) is 0.878. The number of amides is 1. The highest BCUT2D eigenvalue weighted by Crippen LogP contribution is 2.17. The van der Waals surface area contributed by atoms with Crippen LogP contribution in [0.3, 0.4) is 0 Å². The molecule has 0 saturated heterocycles. The summed E-state index contributed by atoms with van der Waals surface area (Å²) in [6, 6.07) is -0.107. The Hall–Kier alpha value is -1.73. The smallest absolute Gasteiger partial charge is 0.271 e. The normalized spacial score (nSPS) is 12.4. The van der Waals surface area contributed by atoms with Crippen LogP contribution in [0.5, 0.6) is 0 Å². The molecular formula is C12H17N5OS. The SMILES string of the molecule is Cc1c(C(C)NC(=O)c2csc(CN)n2)cnn1C. The minimum Gasteiger partial charge on any atom is -0.344 e. The fourth-order valence-electron chi connectivity index (χ4n) is 1.80. The second kappa shape index (κ2) is 5.50. The lowest BCUT2D eigenvalue weighted by molar-refractivity contribution is 0.0935. The average molecular weight is 279 g/mol. The molecule has 1 unspecified atom stereocenters. The predicted molar refractivity (Wildman–Crippen MR) is 73.8 cm³/mol. The number of aryl methyl sites for hydroxylation is 1. The number of thiazole rings is 1. The monoisotopic (exact) mass is 279 g/mol. The molecule has 2 rings (SSSR count). The molecular weight excluding hydrogens is 262 g/mol. The van der Waals surface area contributed by atoms with E-state index in [2.05, 4.69) is 15.4 Å². The first-order valence-corrected chi connectivity index (χ1v) is 6.84. The van der Waals surface area contributed by atoms with Gasteiger partial charge >= 0.3 is 0 Å². The molecule has 0 aliphatic carbocycles. The van der Waals surface area contributed by atoms with Crippen molar-refractivity contribution in [3.63, 3.8) is 0 Å². The molecule has 0 spiro atoms. The molecule has 19 heavy (non-hydrogen) atoms. The van der Waals surface area contributed by atoms with Gasteiger partial charge in [-0.3, -0.25) is 9.48 Å². The van der Waals surface area contributed by atoms with Gasteiger partial charge in [-0.15, -0.1) is 11.3 Å². The molecule has 0 fully saturated rings. The van der Waals surface area contributed by atoms with Crippen LogP contribution in [-0.4, -0.2) is 20.7 Å². The van der Waals surface area contributed by atoms with Crippen molar-refractivity contribution < 1.29 is 4.79 Å². The van der Waals surface area contributed by atoms with E-state index in [0.29, 0.717) is 12.2 Å². The van der Waals surface area contributed by atoms with Crippen LogP contribution in [0.4, 0.5) is 0 Å². The minimum absolute atomic E-state index is 0.107. The molecule has 0 bridgehead atoms. The number of rotatable bonds is 4. The van der Waals surface area contributed by atoms with Crippen molar-refractivity contribution in [3.8, 4) is 0 Å². The lowest BCUT2D eigenvalue weighted by Gasteiger charge is -2.12. The highest BCUT2D eigenvalue weighted by Gasteiger charge is 2.17. The van der Waals surface area contributed by atoms with E-state index >= 15 is 0 Å². The van der Waals surface area contributed by atoms with Crippen molar-refractivity contribution >= 4 is 17.2 Å². The number of hydrogen-bond acceptors (Lipinski definition) is 5. The van der Waals surface area contributed by atoms with Gasteiger partial charge in [-0.1, -0.05) is 0 Å². The Morgan fingerprint density at radius 3 is 2.89 bits per heavy atom. The first-order chi connectivity index (χ1) is 9.02. The van der Waals surface area contributed by atoms with E-state index in [1.54, 1.807) is 16.3 Å². The molecule has 2 aromatic heterocycles. The number of nitrogens with zero attached hydrogens (tertiary/aromatic N) is 3. The number of nitrogens with one attached hydrogen (secondary N) is 1. The van der Waals surface area contributed by atoms with Crippen LogP contribution >= 0.6 is 11.3 Å². The van der Waals surface area contributed by atoms with Gasteiger partial charge in [0.1, 0.15) is 10.7 Å². The van der Waals surface area contributed by atoms with Crippen molar-refractivity contribution in [1.82, 2.24) is 20.1 Å². The van der Waals surface area contributed by atoms with Crippen molar-refractivity contribution in [1.29, 1.82) is 0 Å². The van der Waals surface area contributed by atoms with E-state index in [1.807, 2.05) is 20.9 Å². The zero-order chi connectivity index (χ0) is 14.0. The van der Waals surface area contributed by atoms with E-state index in [4.69, 9.17) is 5.73 Å². The Bertz CT molecular complexity index is 589. The first-order valence-electron chi connectivity index (χ1n) is 5.96. The van der Waals surface area contributed by atoms with E-state index < -0.39 is 0 Å². The molecule has 6 nitrogen and oxygen atoms in total. The number of aromatic nitrogens is 3. The van der Waals surface area contributed by atoms with Crippen LogP contribution in [0.1, 0.15) is 39.7 Å². The third-order valence-corrected chi connectivity index (χ3v) is 3.92. The summed E-state index contributed by atoms with van der Waals surface area (Å²) in [6.45, 7) is 4.26. The van der Waals surface area contributed by atoms with Gasteiger partial charge in [0.25, 0.3) is 5.91 Å². The minimum atomic E-state index is -0.188. The molecule has 7 heteroatoms. The number of hydrogen-bond donors (Lipinski definition) is 2. The van der Waals surface area contributed by atoms with Crippen molar-refractivity contribution in [2.24, 2.45) is 12.8 Å². The fourth-order valence-corrected chi connectivity index (χ4v) is 2.45. The van der Waals surface area contributed by atoms with Crippen LogP contribution < -0.4 is 11.1 Å². The van der Waals surface area contributed by atoms with Crippen LogP contribution in [0.2, 0.25) is 0 Å². The molecule has 0 aliphatic rings. The molecule has 0 aliphatic heterocycles. The summed E-state index contributed by atoms with van der Waals surface area (Å²) >= 11 is 1.39. The Balaban J connectivity index is 2.08. The average Bonchev–Trinajstić information content (AvgIpc) is 2.98. The molecule has 0 aromatic carbocycles. The number of carbonyl (C=O) groups is 1. The van der Waals surface area contributed by atoms with E-state index in [0.717, 1.165) is 16.3 Å². The predicted octanol–water partition coefficient (Wildman–Crippen LogP) is 1.13. The largest absolute Gasteiger partial charge is 0.344 e. The Morgan fingerprint density at radius 2 is 2.37 bits per heavy atom. The maximum absolute atomic E-state index is 12.0. The van der Waals surface area contributed by atoms with E-state index in [1.165, 1.54) is 11.3 Å². The van der Waals surface area contributed by atoms with Crippen molar-refractivity contribution in [3.05, 3.63) is 33.5 Å². The molecule has 102 valence electrons. The standard InChI is InChI=1S/C12H17N5OS/c1-7(9-5-14-17(3)8(9)2)15-12(18)10-6-19-11(4-13)16-10/h5-7H,4,13H2,1-3H3,(H,15,18). The maximum Gasteiger partial charge on any atom is 0.271 e. The third kappa shape index (κ3) is 2.82. The second-order valence-corrected chi connectivity index (χ2v) is 5.28. The van der Waals surface area contributed by atoms with Gasteiger partial charge in [0.2, 0.25) is 0 Å². The topological polar surface area (TPSA) is 85.8 Å². The zero-order valence-corrected chi connectivity index (χ0v) is 12.0. The van der Waals surface area contributed by atoms with Crippen LogP contribution in [0.15, 0.2) is 11.6 Å². The first kappa shape index (κ1) is 13.7. The summed E-state index contributed by atoms with van der Waals surface area (Å²) < 4.78 is 1.79. The van der Waals surface area contributed by atoms with Crippen molar-refractivity contribution in [2.75, 3.05) is 0 Å². The number of nitrogens with two attached hydrogens (primary N) is 1. The fraction of sp³-hybridized carbons (Fsp3) is 0.417. The summed E-state index contributed by atoms with van der Waals surface area (Å²) in [5.41, 5.74) is 7.94. The molecule has 2 heterocycles. The van der Waals surface area contributed by atoms with Gasteiger partial charge in [0, 0.05) is 30.2 Å². The van der Waals surface area contributed by atoms with Gasteiger partial charge in [-0.2, -0.15) is 5.10 Å². The molecule has 1 atom stereocenters. The van der Waals surface area contributed by atoms with Gasteiger partial charge in [0.05, 0.1) is 12.2 Å². The summed E-state index contributed by atoms with van der Waals surface area (Å²) in [7, 11) is 1.88. The molecule has 1 amide bonds. The molecule has 0 saturated carbocycles. The lowest BCUT2D eigenvalue weighted by atomic mass is 10.1.